The highest BCUT2D eigenvalue weighted by Crippen LogP contribution is 2.26. The van der Waals surface area contributed by atoms with E-state index in [0.29, 0.717) is 6.61 Å². The number of hydrogen-bond acceptors (Lipinski definition) is 5. The van der Waals surface area contributed by atoms with Crippen LogP contribution in [0.1, 0.15) is 17.5 Å². The third-order valence-electron chi connectivity index (χ3n) is 2.40. The molecule has 0 aliphatic carbocycles. The van der Waals surface area contributed by atoms with Gasteiger partial charge in [0.2, 0.25) is 0 Å². The Kier molecular flexibility index (Phi) is 4.99. The van der Waals surface area contributed by atoms with E-state index in [4.69, 9.17) is 4.74 Å². The van der Waals surface area contributed by atoms with Crippen molar-refractivity contribution in [3.8, 4) is 5.75 Å². The summed E-state index contributed by atoms with van der Waals surface area (Å²) in [6.45, 7) is 4.69. The van der Waals surface area contributed by atoms with Gasteiger partial charge in [-0.15, -0.1) is 23.1 Å². The van der Waals surface area contributed by atoms with Gasteiger partial charge in [0.1, 0.15) is 15.8 Å². The van der Waals surface area contributed by atoms with Gasteiger partial charge in [0.25, 0.3) is 0 Å². The Balaban J connectivity index is 2.23. The maximum Gasteiger partial charge on any atom is 0.137 e. The molecule has 0 spiro atoms. The monoisotopic (exact) mass is 292 g/mol. The number of aromatic nitrogens is 1. The second kappa shape index (κ2) is 6.73. The number of thiophene rings is 1. The molecule has 2 rings (SSSR count). The summed E-state index contributed by atoms with van der Waals surface area (Å²) in [5, 5.41) is 1.93. The molecule has 0 atom stereocenters. The fraction of sp³-hybridized carbons (Fsp3) is 0.286. The molecule has 0 bridgehead atoms. The molecule has 0 fully saturated rings. The van der Waals surface area contributed by atoms with Crippen LogP contribution < -0.4 is 4.74 Å². The topological polar surface area (TPSA) is 34.5 Å². The van der Waals surface area contributed by atoms with E-state index in [0.717, 1.165) is 21.5 Å². The fourth-order valence-electron chi connectivity index (χ4n) is 1.55. The zero-order chi connectivity index (χ0) is 13.7. The molecule has 2 aromatic heterocycles. The minimum absolute atomic E-state index is 0.652. The Bertz CT molecular complexity index is 561. The first kappa shape index (κ1) is 14.1. The largest absolute Gasteiger partial charge is 0.492 e. The minimum atomic E-state index is 0.652. The standard InChI is InChI=1S/C14H16N2OS2/c1-4-17-11-6-7-12(15-9-11)14(18-3)16-13-8-5-10(2)19-13/h5-9H,4H2,1-3H3/b16-14-. The van der Waals surface area contributed by atoms with Crippen molar-refractivity contribution in [3.63, 3.8) is 0 Å². The van der Waals surface area contributed by atoms with E-state index in [2.05, 4.69) is 23.0 Å². The number of pyridine rings is 1. The van der Waals surface area contributed by atoms with Crippen LogP contribution in [0.15, 0.2) is 35.5 Å². The van der Waals surface area contributed by atoms with Crippen molar-refractivity contribution in [2.45, 2.75) is 13.8 Å². The van der Waals surface area contributed by atoms with E-state index in [-0.39, 0.29) is 0 Å². The first-order valence-corrected chi connectivity index (χ1v) is 8.05. The lowest BCUT2D eigenvalue weighted by Gasteiger charge is -2.05. The molecular weight excluding hydrogens is 276 g/mol. The first-order chi connectivity index (χ1) is 9.22. The van der Waals surface area contributed by atoms with Gasteiger partial charge in [-0.1, -0.05) is 0 Å². The van der Waals surface area contributed by atoms with Crippen molar-refractivity contribution < 1.29 is 4.74 Å². The molecule has 0 N–H and O–H groups in total. The number of aryl methyl sites for hydroxylation is 1. The van der Waals surface area contributed by atoms with Gasteiger partial charge in [0.05, 0.1) is 18.5 Å². The summed E-state index contributed by atoms with van der Waals surface area (Å²) in [4.78, 5) is 10.3. The van der Waals surface area contributed by atoms with Crippen molar-refractivity contribution in [1.82, 2.24) is 4.98 Å². The molecule has 2 heterocycles. The first-order valence-electron chi connectivity index (χ1n) is 6.01. The smallest absolute Gasteiger partial charge is 0.137 e. The normalized spacial score (nSPS) is 11.6. The summed E-state index contributed by atoms with van der Waals surface area (Å²) in [7, 11) is 0. The molecule has 19 heavy (non-hydrogen) atoms. The number of thioether (sulfide) groups is 1. The number of rotatable bonds is 4. The Morgan fingerprint density at radius 1 is 1.37 bits per heavy atom. The molecule has 0 aliphatic rings. The minimum Gasteiger partial charge on any atom is -0.492 e. The van der Waals surface area contributed by atoms with E-state index in [1.54, 1.807) is 29.3 Å². The van der Waals surface area contributed by atoms with Gasteiger partial charge in [0, 0.05) is 4.88 Å². The quantitative estimate of drug-likeness (QED) is 0.622. The van der Waals surface area contributed by atoms with Gasteiger partial charge in [-0.3, -0.25) is 4.98 Å². The maximum atomic E-state index is 5.39. The zero-order valence-electron chi connectivity index (χ0n) is 11.2. The van der Waals surface area contributed by atoms with Crippen LogP contribution in [-0.2, 0) is 0 Å². The SMILES string of the molecule is CCOc1ccc(/C(=N/c2ccc(C)s2)SC)nc1. The third-order valence-corrected chi connectivity index (χ3v) is 3.98. The van der Waals surface area contributed by atoms with Crippen LogP contribution in [0.3, 0.4) is 0 Å². The van der Waals surface area contributed by atoms with Gasteiger partial charge >= 0.3 is 0 Å². The molecule has 0 unspecified atom stereocenters. The number of ether oxygens (including phenoxy) is 1. The van der Waals surface area contributed by atoms with Crippen molar-refractivity contribution in [2.24, 2.45) is 4.99 Å². The molecule has 0 saturated heterocycles. The highest BCUT2D eigenvalue weighted by molar-refractivity contribution is 8.13. The number of hydrogen-bond donors (Lipinski definition) is 0. The Labute approximate surface area is 121 Å². The van der Waals surface area contributed by atoms with Crippen molar-refractivity contribution in [1.29, 1.82) is 0 Å². The summed E-state index contributed by atoms with van der Waals surface area (Å²) in [6, 6.07) is 7.98. The van der Waals surface area contributed by atoms with Crippen molar-refractivity contribution >= 4 is 33.1 Å². The highest BCUT2D eigenvalue weighted by atomic mass is 32.2. The lowest BCUT2D eigenvalue weighted by molar-refractivity contribution is 0.339. The van der Waals surface area contributed by atoms with Gasteiger partial charge in [-0.05, 0) is 44.4 Å². The van der Waals surface area contributed by atoms with Crippen molar-refractivity contribution in [2.75, 3.05) is 12.9 Å². The number of nitrogens with zero attached hydrogens (tertiary/aromatic N) is 2. The molecule has 100 valence electrons. The van der Waals surface area contributed by atoms with Crippen LogP contribution >= 0.6 is 23.1 Å². The van der Waals surface area contributed by atoms with E-state index >= 15 is 0 Å². The lowest BCUT2D eigenvalue weighted by Crippen LogP contribution is -1.99. The molecule has 3 nitrogen and oxygen atoms in total. The van der Waals surface area contributed by atoms with Crippen LogP contribution in [0, 0.1) is 6.92 Å². The van der Waals surface area contributed by atoms with Crippen molar-refractivity contribution in [3.05, 3.63) is 41.0 Å². The molecule has 2 aromatic rings. The second-order valence-electron chi connectivity index (χ2n) is 3.82. The summed E-state index contributed by atoms with van der Waals surface area (Å²) in [5.41, 5.74) is 0.877. The molecule has 0 saturated carbocycles. The van der Waals surface area contributed by atoms with Crippen LogP contribution in [-0.4, -0.2) is 22.9 Å². The molecule has 0 aliphatic heterocycles. The molecule has 0 radical (unpaired) electrons. The predicted molar refractivity (Wildman–Crippen MR) is 84.2 cm³/mol. The van der Waals surface area contributed by atoms with Crippen LogP contribution in [0.4, 0.5) is 5.00 Å². The van der Waals surface area contributed by atoms with Gasteiger partial charge in [0.15, 0.2) is 0 Å². The van der Waals surface area contributed by atoms with E-state index in [1.807, 2.05) is 31.4 Å². The van der Waals surface area contributed by atoms with Gasteiger partial charge in [-0.2, -0.15) is 0 Å². The summed E-state index contributed by atoms with van der Waals surface area (Å²) in [6.07, 6.45) is 3.75. The average molecular weight is 292 g/mol. The summed E-state index contributed by atoms with van der Waals surface area (Å²) < 4.78 is 5.39. The lowest BCUT2D eigenvalue weighted by atomic mass is 10.3. The van der Waals surface area contributed by atoms with Crippen LogP contribution in [0.5, 0.6) is 5.75 Å². The maximum absolute atomic E-state index is 5.39. The third kappa shape index (κ3) is 3.81. The van der Waals surface area contributed by atoms with E-state index in [1.165, 1.54) is 4.88 Å². The molecule has 0 aromatic carbocycles. The number of aliphatic imine (C=N–C) groups is 1. The van der Waals surface area contributed by atoms with Crippen LogP contribution in [0.2, 0.25) is 0 Å². The fourth-order valence-corrected chi connectivity index (χ4v) is 2.86. The average Bonchev–Trinajstić information content (AvgIpc) is 2.83. The van der Waals surface area contributed by atoms with E-state index < -0.39 is 0 Å². The second-order valence-corrected chi connectivity index (χ2v) is 5.88. The molecular formula is C14H16N2OS2. The Morgan fingerprint density at radius 3 is 2.74 bits per heavy atom. The van der Waals surface area contributed by atoms with Gasteiger partial charge in [-0.25, -0.2) is 4.99 Å². The highest BCUT2D eigenvalue weighted by Gasteiger charge is 2.05. The Morgan fingerprint density at radius 2 is 2.21 bits per heavy atom. The van der Waals surface area contributed by atoms with Crippen LogP contribution in [0.25, 0.3) is 0 Å². The molecule has 0 amide bonds. The molecule has 5 heteroatoms. The van der Waals surface area contributed by atoms with Gasteiger partial charge < -0.3 is 4.74 Å². The summed E-state index contributed by atoms with van der Waals surface area (Å²) in [5.74, 6) is 0.790. The Hall–Kier alpha value is -1.33. The van der Waals surface area contributed by atoms with E-state index in [9.17, 15) is 0 Å². The zero-order valence-corrected chi connectivity index (χ0v) is 12.8. The summed E-state index contributed by atoms with van der Waals surface area (Å²) >= 11 is 3.28. The predicted octanol–water partition coefficient (Wildman–Crippen LogP) is 4.29.